The molecule has 0 aromatic carbocycles. The molecule has 1 aromatic heterocycles. The Morgan fingerprint density at radius 3 is 2.84 bits per heavy atom. The highest BCUT2D eigenvalue weighted by Gasteiger charge is 2.27. The van der Waals surface area contributed by atoms with Crippen molar-refractivity contribution < 1.29 is 14.3 Å². The molecule has 1 saturated heterocycles. The molecule has 3 heterocycles. The number of carbonyl (C=O) groups is 1. The average molecular weight is 345 g/mol. The minimum absolute atomic E-state index is 0.0918. The van der Waals surface area contributed by atoms with E-state index in [-0.39, 0.29) is 17.9 Å². The first-order valence-electron chi connectivity index (χ1n) is 9.48. The van der Waals surface area contributed by atoms with Gasteiger partial charge in [0, 0.05) is 38.4 Å². The summed E-state index contributed by atoms with van der Waals surface area (Å²) < 4.78 is 13.4. The molecular formula is C19H27N3O3. The van der Waals surface area contributed by atoms with Gasteiger partial charge in [-0.2, -0.15) is 5.10 Å². The summed E-state index contributed by atoms with van der Waals surface area (Å²) in [6.45, 7) is 3.88. The van der Waals surface area contributed by atoms with Crippen LogP contribution in [0.4, 0.5) is 0 Å². The summed E-state index contributed by atoms with van der Waals surface area (Å²) >= 11 is 0. The van der Waals surface area contributed by atoms with Gasteiger partial charge in [-0.05, 0) is 43.6 Å². The Hall–Kier alpha value is -1.66. The van der Waals surface area contributed by atoms with Crippen LogP contribution >= 0.6 is 0 Å². The third-order valence-corrected chi connectivity index (χ3v) is 5.49. The molecule has 1 N–H and O–H groups in total. The summed E-state index contributed by atoms with van der Waals surface area (Å²) in [6, 6.07) is 0. The number of nitrogens with one attached hydrogen (secondary N) is 1. The number of hydrogen-bond donors (Lipinski definition) is 1. The van der Waals surface area contributed by atoms with Gasteiger partial charge in [0.15, 0.2) is 0 Å². The Kier molecular flexibility index (Phi) is 5.17. The Morgan fingerprint density at radius 2 is 2.04 bits per heavy atom. The largest absolute Gasteiger partial charge is 0.381 e. The van der Waals surface area contributed by atoms with E-state index in [1.807, 2.05) is 0 Å². The van der Waals surface area contributed by atoms with Gasteiger partial charge in [0.1, 0.15) is 6.10 Å². The van der Waals surface area contributed by atoms with E-state index < -0.39 is 0 Å². The topological polar surface area (TPSA) is 65.4 Å². The zero-order chi connectivity index (χ0) is 17.1. The van der Waals surface area contributed by atoms with E-state index in [1.54, 1.807) is 0 Å². The van der Waals surface area contributed by atoms with Gasteiger partial charge in [0.05, 0.1) is 12.3 Å². The summed E-state index contributed by atoms with van der Waals surface area (Å²) in [7, 11) is 0. The van der Waals surface area contributed by atoms with Crippen LogP contribution in [-0.2, 0) is 27.2 Å². The summed E-state index contributed by atoms with van der Waals surface area (Å²) in [4.78, 5) is 12.2. The van der Waals surface area contributed by atoms with Gasteiger partial charge >= 0.3 is 0 Å². The molecule has 136 valence electrons. The summed E-state index contributed by atoms with van der Waals surface area (Å²) in [5.41, 5.74) is 2.27. The second kappa shape index (κ2) is 7.70. The van der Waals surface area contributed by atoms with Crippen LogP contribution in [0.15, 0.2) is 18.3 Å². The Bertz CT molecular complexity index is 626. The van der Waals surface area contributed by atoms with Crippen molar-refractivity contribution in [1.82, 2.24) is 15.1 Å². The molecule has 1 aliphatic carbocycles. The van der Waals surface area contributed by atoms with Gasteiger partial charge in [0.2, 0.25) is 5.91 Å². The first kappa shape index (κ1) is 16.8. The van der Waals surface area contributed by atoms with Crippen LogP contribution in [0.2, 0.25) is 0 Å². The minimum atomic E-state index is -0.127. The van der Waals surface area contributed by atoms with E-state index in [0.29, 0.717) is 19.1 Å². The third kappa shape index (κ3) is 3.96. The number of aromatic nitrogens is 2. The van der Waals surface area contributed by atoms with E-state index in [9.17, 15) is 4.79 Å². The van der Waals surface area contributed by atoms with Crippen molar-refractivity contribution in [3.8, 4) is 0 Å². The predicted molar refractivity (Wildman–Crippen MR) is 93.0 cm³/mol. The number of hydrogen-bond acceptors (Lipinski definition) is 4. The maximum atomic E-state index is 12.2. The number of rotatable bonds is 5. The van der Waals surface area contributed by atoms with Crippen LogP contribution in [-0.4, -0.2) is 42.1 Å². The lowest BCUT2D eigenvalue weighted by atomic mass is 10.0. The van der Waals surface area contributed by atoms with E-state index >= 15 is 0 Å². The maximum Gasteiger partial charge on any atom is 0.223 e. The second-order valence-corrected chi connectivity index (χ2v) is 7.31. The highest BCUT2D eigenvalue weighted by Crippen LogP contribution is 2.27. The summed E-state index contributed by atoms with van der Waals surface area (Å²) in [5.74, 6) is 0.862. The molecular weight excluding hydrogens is 318 g/mol. The zero-order valence-electron chi connectivity index (χ0n) is 14.7. The number of nitrogens with zero attached hydrogens (tertiary/aromatic N) is 2. The van der Waals surface area contributed by atoms with Crippen molar-refractivity contribution in [3.05, 3.63) is 29.6 Å². The molecule has 0 spiro atoms. The van der Waals surface area contributed by atoms with Crippen molar-refractivity contribution >= 4 is 5.91 Å². The Morgan fingerprint density at radius 1 is 1.24 bits per heavy atom. The van der Waals surface area contributed by atoms with Gasteiger partial charge in [-0.3, -0.25) is 9.48 Å². The van der Waals surface area contributed by atoms with Gasteiger partial charge in [-0.25, -0.2) is 0 Å². The highest BCUT2D eigenvalue weighted by molar-refractivity contribution is 5.79. The molecule has 0 radical (unpaired) electrons. The molecule has 0 bridgehead atoms. The van der Waals surface area contributed by atoms with E-state index in [0.717, 1.165) is 57.6 Å². The smallest absolute Gasteiger partial charge is 0.223 e. The normalized spacial score (nSPS) is 24.4. The molecule has 3 aliphatic rings. The van der Waals surface area contributed by atoms with Gasteiger partial charge in [0.25, 0.3) is 0 Å². The molecule has 6 heteroatoms. The monoisotopic (exact) mass is 345 g/mol. The number of amides is 1. The number of carbonyl (C=O) groups excluding carboxylic acids is 1. The van der Waals surface area contributed by atoms with Crippen molar-refractivity contribution in [2.45, 2.75) is 44.8 Å². The maximum absolute atomic E-state index is 12.2. The SMILES string of the molecule is O=C(NCC1OCCc2cn(CC3CCOCC3)nc21)C1CC=CC1. The van der Waals surface area contributed by atoms with Crippen molar-refractivity contribution in [2.24, 2.45) is 11.8 Å². The van der Waals surface area contributed by atoms with Crippen molar-refractivity contribution in [2.75, 3.05) is 26.4 Å². The third-order valence-electron chi connectivity index (χ3n) is 5.49. The number of allylic oxidation sites excluding steroid dienone is 2. The molecule has 1 atom stereocenters. The molecule has 4 rings (SSSR count). The lowest BCUT2D eigenvalue weighted by Gasteiger charge is -2.23. The van der Waals surface area contributed by atoms with Crippen LogP contribution in [0.3, 0.4) is 0 Å². The molecule has 6 nitrogen and oxygen atoms in total. The minimum Gasteiger partial charge on any atom is -0.381 e. The quantitative estimate of drug-likeness (QED) is 0.829. The average Bonchev–Trinajstić information content (AvgIpc) is 3.30. The van der Waals surface area contributed by atoms with Crippen LogP contribution in [0.1, 0.15) is 43.0 Å². The Balaban J connectivity index is 1.36. The summed E-state index contributed by atoms with van der Waals surface area (Å²) in [6.07, 6.45) is 11.0. The van der Waals surface area contributed by atoms with E-state index in [2.05, 4.69) is 28.3 Å². The van der Waals surface area contributed by atoms with Crippen LogP contribution < -0.4 is 5.32 Å². The fraction of sp³-hybridized carbons (Fsp3) is 0.684. The van der Waals surface area contributed by atoms with Crippen LogP contribution in [0, 0.1) is 11.8 Å². The van der Waals surface area contributed by atoms with E-state index in [4.69, 9.17) is 14.6 Å². The highest BCUT2D eigenvalue weighted by atomic mass is 16.5. The van der Waals surface area contributed by atoms with Gasteiger partial charge in [-0.1, -0.05) is 12.2 Å². The number of fused-ring (bicyclic) bond motifs is 1. The first-order chi connectivity index (χ1) is 12.3. The van der Waals surface area contributed by atoms with Gasteiger partial charge < -0.3 is 14.8 Å². The van der Waals surface area contributed by atoms with E-state index in [1.165, 1.54) is 5.56 Å². The molecule has 2 aliphatic heterocycles. The standard InChI is InChI=1S/C19H27N3O3/c23-19(15-3-1-2-4-15)20-11-17-18-16(7-10-25-17)13-22(21-18)12-14-5-8-24-9-6-14/h1-2,13-15,17H,3-12H2,(H,20,23). The second-order valence-electron chi connectivity index (χ2n) is 7.31. The number of ether oxygens (including phenoxy) is 2. The van der Waals surface area contributed by atoms with Crippen LogP contribution in [0.25, 0.3) is 0 Å². The first-order valence-corrected chi connectivity index (χ1v) is 9.48. The van der Waals surface area contributed by atoms with Crippen LogP contribution in [0.5, 0.6) is 0 Å². The molecule has 1 amide bonds. The molecule has 1 aromatic rings. The lowest BCUT2D eigenvalue weighted by molar-refractivity contribution is -0.125. The Labute approximate surface area is 148 Å². The zero-order valence-corrected chi connectivity index (χ0v) is 14.7. The van der Waals surface area contributed by atoms with Crippen molar-refractivity contribution in [1.29, 1.82) is 0 Å². The van der Waals surface area contributed by atoms with Gasteiger partial charge in [-0.15, -0.1) is 0 Å². The fourth-order valence-corrected chi connectivity index (χ4v) is 3.94. The molecule has 0 saturated carbocycles. The molecule has 1 fully saturated rings. The lowest BCUT2D eigenvalue weighted by Crippen LogP contribution is -2.35. The molecule has 25 heavy (non-hydrogen) atoms. The molecule has 1 unspecified atom stereocenters. The fourth-order valence-electron chi connectivity index (χ4n) is 3.94. The van der Waals surface area contributed by atoms with Crippen molar-refractivity contribution in [3.63, 3.8) is 0 Å². The predicted octanol–water partition coefficient (Wildman–Crippen LogP) is 2.01. The summed E-state index contributed by atoms with van der Waals surface area (Å²) in [5, 5.41) is 7.85.